The highest BCUT2D eigenvalue weighted by molar-refractivity contribution is 6.37. The van der Waals surface area contributed by atoms with Gasteiger partial charge in [0.05, 0.1) is 16.6 Å². The topological polar surface area (TPSA) is 31.6 Å². The van der Waals surface area contributed by atoms with Gasteiger partial charge in [0.15, 0.2) is 0 Å². The molecule has 2 nitrogen and oxygen atoms in total. The molecule has 8 rings (SSSR count). The maximum atomic E-state index is 3.87. The molecule has 0 aliphatic heterocycles. The van der Waals surface area contributed by atoms with E-state index >= 15 is 0 Å². The molecule has 0 fully saturated rings. The Morgan fingerprint density at radius 2 is 1.00 bits per heavy atom. The summed E-state index contributed by atoms with van der Waals surface area (Å²) in [6.45, 7) is 0. The molecule has 0 saturated heterocycles. The molecule has 6 aromatic carbocycles. The maximum Gasteiger partial charge on any atom is 0.0572 e. The van der Waals surface area contributed by atoms with E-state index in [9.17, 15) is 0 Å². The van der Waals surface area contributed by atoms with Crippen molar-refractivity contribution in [3.8, 4) is 0 Å². The monoisotopic (exact) mass is 406 g/mol. The number of benzene rings is 6. The minimum absolute atomic E-state index is 1.18. The van der Waals surface area contributed by atoms with Crippen LogP contribution >= 0.6 is 0 Å². The Labute approximate surface area is 183 Å². The second-order valence-electron chi connectivity index (χ2n) is 8.71. The Morgan fingerprint density at radius 3 is 1.91 bits per heavy atom. The number of hydrogen-bond donors (Lipinski definition) is 2. The molecule has 0 atom stereocenters. The van der Waals surface area contributed by atoms with Crippen LogP contribution in [0.4, 0.5) is 0 Å². The summed E-state index contributed by atoms with van der Waals surface area (Å²) >= 11 is 0. The molecule has 0 aliphatic rings. The summed E-state index contributed by atoms with van der Waals surface area (Å²) in [6, 6.07) is 35.1. The summed E-state index contributed by atoms with van der Waals surface area (Å²) in [7, 11) is 0. The molecule has 32 heavy (non-hydrogen) atoms. The SMILES string of the molecule is c1ccc2c(c1)ccc1c2[nH]c2c1c1ccccc1c1ccc3c4ccccc4[nH]c3c12. The van der Waals surface area contributed by atoms with Gasteiger partial charge in [-0.1, -0.05) is 91.0 Å². The minimum Gasteiger partial charge on any atom is -0.354 e. The quantitative estimate of drug-likeness (QED) is 0.237. The van der Waals surface area contributed by atoms with Crippen LogP contribution in [0.25, 0.3) is 75.9 Å². The first-order valence-corrected chi connectivity index (χ1v) is 11.1. The summed E-state index contributed by atoms with van der Waals surface area (Å²) in [4.78, 5) is 7.61. The minimum atomic E-state index is 1.18. The lowest BCUT2D eigenvalue weighted by molar-refractivity contribution is 1.55. The van der Waals surface area contributed by atoms with Crippen LogP contribution in [0.1, 0.15) is 0 Å². The standard InChI is InChI=1S/C30H18N2/c1-2-8-18-17(7-1)13-14-24-26-21-11-4-3-9-19(21)22-15-16-23-20-10-5-6-12-25(20)31-29(23)27(22)30(26)32-28(18)24/h1-16,31-32H. The molecule has 0 saturated carbocycles. The zero-order valence-corrected chi connectivity index (χ0v) is 17.2. The highest BCUT2D eigenvalue weighted by Gasteiger charge is 2.18. The van der Waals surface area contributed by atoms with Gasteiger partial charge in [0.1, 0.15) is 0 Å². The highest BCUT2D eigenvalue weighted by Crippen LogP contribution is 2.43. The predicted octanol–water partition coefficient (Wildman–Crippen LogP) is 8.42. The van der Waals surface area contributed by atoms with Crippen LogP contribution in [0.15, 0.2) is 97.1 Å². The van der Waals surface area contributed by atoms with E-state index < -0.39 is 0 Å². The van der Waals surface area contributed by atoms with Gasteiger partial charge in [-0.2, -0.15) is 0 Å². The zero-order valence-electron chi connectivity index (χ0n) is 17.2. The third kappa shape index (κ3) is 1.91. The normalized spacial score (nSPS) is 12.4. The Kier molecular flexibility index (Phi) is 2.91. The van der Waals surface area contributed by atoms with Crippen LogP contribution in [0, 0.1) is 0 Å². The number of nitrogens with one attached hydrogen (secondary N) is 2. The van der Waals surface area contributed by atoms with Gasteiger partial charge in [-0.05, 0) is 27.6 Å². The molecule has 2 aromatic heterocycles. The largest absolute Gasteiger partial charge is 0.354 e. The van der Waals surface area contributed by atoms with E-state index in [2.05, 4.69) is 107 Å². The van der Waals surface area contributed by atoms with Crippen molar-refractivity contribution in [1.29, 1.82) is 0 Å². The maximum absolute atomic E-state index is 3.87. The number of hydrogen-bond acceptors (Lipinski definition) is 0. The highest BCUT2D eigenvalue weighted by atomic mass is 14.7. The number of fused-ring (bicyclic) bond motifs is 14. The molecule has 0 bridgehead atoms. The third-order valence-corrected chi connectivity index (χ3v) is 7.12. The van der Waals surface area contributed by atoms with Gasteiger partial charge in [-0.3, -0.25) is 0 Å². The van der Waals surface area contributed by atoms with Gasteiger partial charge in [0, 0.05) is 37.8 Å². The first-order chi connectivity index (χ1) is 15.9. The van der Waals surface area contributed by atoms with Crippen LogP contribution in [-0.4, -0.2) is 9.97 Å². The van der Waals surface area contributed by atoms with Crippen LogP contribution in [0.5, 0.6) is 0 Å². The first-order valence-electron chi connectivity index (χ1n) is 11.1. The lowest BCUT2D eigenvalue weighted by Gasteiger charge is -2.08. The van der Waals surface area contributed by atoms with E-state index in [1.54, 1.807) is 0 Å². The van der Waals surface area contributed by atoms with Crippen molar-refractivity contribution in [2.45, 2.75) is 0 Å². The Balaban J connectivity index is 1.74. The Morgan fingerprint density at radius 1 is 0.344 bits per heavy atom. The van der Waals surface area contributed by atoms with Crippen LogP contribution in [0.3, 0.4) is 0 Å². The Bertz CT molecular complexity index is 2040. The molecule has 0 amide bonds. The van der Waals surface area contributed by atoms with Crippen molar-refractivity contribution < 1.29 is 0 Å². The Hall–Kier alpha value is -4.30. The van der Waals surface area contributed by atoms with E-state index in [1.165, 1.54) is 75.9 Å². The molecule has 0 unspecified atom stereocenters. The van der Waals surface area contributed by atoms with Crippen molar-refractivity contribution in [1.82, 2.24) is 9.97 Å². The average Bonchev–Trinajstić information content (AvgIpc) is 3.43. The van der Waals surface area contributed by atoms with Gasteiger partial charge < -0.3 is 9.97 Å². The fraction of sp³-hybridized carbons (Fsp3) is 0. The summed E-state index contributed by atoms with van der Waals surface area (Å²) in [5.74, 6) is 0. The number of rotatable bonds is 0. The number of aromatic amines is 2. The lowest BCUT2D eigenvalue weighted by atomic mass is 9.95. The predicted molar refractivity (Wildman–Crippen MR) is 138 cm³/mol. The van der Waals surface area contributed by atoms with Gasteiger partial charge in [-0.25, -0.2) is 0 Å². The fourth-order valence-corrected chi connectivity index (χ4v) is 5.74. The summed E-state index contributed by atoms with van der Waals surface area (Å²) in [5.41, 5.74) is 4.80. The van der Waals surface area contributed by atoms with Crippen molar-refractivity contribution in [2.24, 2.45) is 0 Å². The van der Waals surface area contributed by atoms with Crippen molar-refractivity contribution in [2.75, 3.05) is 0 Å². The first kappa shape index (κ1) is 16.4. The van der Waals surface area contributed by atoms with Crippen LogP contribution in [-0.2, 0) is 0 Å². The molecule has 0 radical (unpaired) electrons. The molecular formula is C30H18N2. The molecule has 8 aromatic rings. The van der Waals surface area contributed by atoms with Crippen LogP contribution in [0.2, 0.25) is 0 Å². The zero-order chi connectivity index (χ0) is 20.8. The van der Waals surface area contributed by atoms with E-state index in [0.29, 0.717) is 0 Å². The molecule has 0 aliphatic carbocycles. The molecule has 0 spiro atoms. The molecule has 2 heteroatoms. The lowest BCUT2D eigenvalue weighted by Crippen LogP contribution is -1.83. The van der Waals surface area contributed by atoms with Crippen molar-refractivity contribution in [3.63, 3.8) is 0 Å². The summed E-state index contributed by atoms with van der Waals surface area (Å²) in [6.07, 6.45) is 0. The van der Waals surface area contributed by atoms with Crippen LogP contribution < -0.4 is 0 Å². The van der Waals surface area contributed by atoms with Gasteiger partial charge >= 0.3 is 0 Å². The molecule has 2 heterocycles. The van der Waals surface area contributed by atoms with E-state index in [1.807, 2.05) is 0 Å². The fourth-order valence-electron chi connectivity index (χ4n) is 5.74. The van der Waals surface area contributed by atoms with Crippen molar-refractivity contribution in [3.05, 3.63) is 97.1 Å². The van der Waals surface area contributed by atoms with Crippen molar-refractivity contribution >= 4 is 75.9 Å². The van der Waals surface area contributed by atoms with Gasteiger partial charge in [0.25, 0.3) is 0 Å². The smallest absolute Gasteiger partial charge is 0.0572 e. The summed E-state index contributed by atoms with van der Waals surface area (Å²) < 4.78 is 0. The molecule has 148 valence electrons. The average molecular weight is 406 g/mol. The third-order valence-electron chi connectivity index (χ3n) is 7.12. The number of para-hydroxylation sites is 1. The van der Waals surface area contributed by atoms with Gasteiger partial charge in [0.2, 0.25) is 0 Å². The van der Waals surface area contributed by atoms with E-state index in [-0.39, 0.29) is 0 Å². The molecule has 2 N–H and O–H groups in total. The number of aromatic nitrogens is 2. The van der Waals surface area contributed by atoms with Gasteiger partial charge in [-0.15, -0.1) is 0 Å². The van der Waals surface area contributed by atoms with E-state index in [0.717, 1.165) is 0 Å². The summed E-state index contributed by atoms with van der Waals surface area (Å²) in [5, 5.41) is 12.8. The number of H-pyrrole nitrogens is 2. The molecular weight excluding hydrogens is 388 g/mol. The second-order valence-corrected chi connectivity index (χ2v) is 8.71. The second kappa shape index (κ2) is 5.68. The van der Waals surface area contributed by atoms with E-state index in [4.69, 9.17) is 0 Å².